The van der Waals surface area contributed by atoms with Gasteiger partial charge in [0.2, 0.25) is 0 Å². The number of imidazole rings is 1. The van der Waals surface area contributed by atoms with E-state index in [1.54, 1.807) is 18.2 Å². The first-order valence-electron chi connectivity index (χ1n) is 6.60. The highest BCUT2D eigenvalue weighted by atomic mass is 35.5. The molecule has 0 fully saturated rings. The van der Waals surface area contributed by atoms with Crippen LogP contribution in [0.4, 0.5) is 0 Å². The van der Waals surface area contributed by atoms with E-state index >= 15 is 0 Å². The number of halogens is 1. The average molecular weight is 301 g/mol. The summed E-state index contributed by atoms with van der Waals surface area (Å²) in [5.74, 6) is -0.0640. The van der Waals surface area contributed by atoms with Crippen molar-refractivity contribution in [3.63, 3.8) is 0 Å². The normalized spacial score (nSPS) is 11.0. The maximum atomic E-state index is 11.1. The Morgan fingerprint density at radius 2 is 1.95 bits per heavy atom. The molecule has 0 atom stereocenters. The zero-order valence-corrected chi connectivity index (χ0v) is 12.1. The summed E-state index contributed by atoms with van der Waals surface area (Å²) in [6, 6.07) is 12.5. The first-order valence-corrected chi connectivity index (χ1v) is 6.98. The van der Waals surface area contributed by atoms with Crippen molar-refractivity contribution >= 4 is 28.6 Å². The van der Waals surface area contributed by atoms with E-state index in [9.17, 15) is 4.79 Å². The van der Waals surface area contributed by atoms with Crippen molar-refractivity contribution in [2.75, 3.05) is 0 Å². The average Bonchev–Trinajstić information content (AvgIpc) is 2.85. The molecule has 0 spiro atoms. The highest BCUT2D eigenvalue weighted by molar-refractivity contribution is 6.30. The zero-order chi connectivity index (χ0) is 15.0. The Labute approximate surface area is 126 Å². The maximum absolute atomic E-state index is 11.1. The molecule has 3 rings (SSSR count). The fourth-order valence-corrected chi connectivity index (χ4v) is 2.50. The number of fused-ring (bicyclic) bond motifs is 1. The number of carbonyl (C=O) groups is 1. The summed E-state index contributed by atoms with van der Waals surface area (Å²) in [5.41, 5.74) is 2.77. The second kappa shape index (κ2) is 5.22. The lowest BCUT2D eigenvalue weighted by atomic mass is 10.2. The van der Waals surface area contributed by atoms with Gasteiger partial charge in [0, 0.05) is 17.1 Å². The van der Waals surface area contributed by atoms with E-state index < -0.39 is 5.97 Å². The van der Waals surface area contributed by atoms with Crippen LogP contribution >= 0.6 is 11.6 Å². The largest absolute Gasteiger partial charge is 0.478 e. The number of aromatic nitrogens is 2. The van der Waals surface area contributed by atoms with Crippen LogP contribution in [-0.2, 0) is 6.42 Å². The molecule has 0 radical (unpaired) electrons. The Kier molecular flexibility index (Phi) is 3.39. The summed E-state index contributed by atoms with van der Waals surface area (Å²) in [5, 5.41) is 9.75. The van der Waals surface area contributed by atoms with E-state index in [1.807, 2.05) is 35.8 Å². The van der Waals surface area contributed by atoms with E-state index in [0.717, 1.165) is 23.4 Å². The second-order valence-corrected chi connectivity index (χ2v) is 5.14. The quantitative estimate of drug-likeness (QED) is 0.797. The number of rotatable bonds is 3. The number of benzene rings is 2. The lowest BCUT2D eigenvalue weighted by molar-refractivity contribution is 0.0697. The van der Waals surface area contributed by atoms with Crippen molar-refractivity contribution < 1.29 is 9.90 Å². The number of hydrogen-bond acceptors (Lipinski definition) is 2. The summed E-state index contributed by atoms with van der Waals surface area (Å²) in [7, 11) is 0. The van der Waals surface area contributed by atoms with Crippen LogP contribution in [0.3, 0.4) is 0 Å². The molecule has 0 aliphatic heterocycles. The Morgan fingerprint density at radius 1 is 1.24 bits per heavy atom. The predicted octanol–water partition coefficient (Wildman–Crippen LogP) is 3.94. The van der Waals surface area contributed by atoms with Crippen molar-refractivity contribution in [2.24, 2.45) is 0 Å². The summed E-state index contributed by atoms with van der Waals surface area (Å²) in [6.07, 6.45) is 0.750. The van der Waals surface area contributed by atoms with Crippen molar-refractivity contribution in [2.45, 2.75) is 13.3 Å². The van der Waals surface area contributed by atoms with Crippen LogP contribution in [0, 0.1) is 0 Å². The molecule has 2 aromatic carbocycles. The number of carboxylic acids is 1. The summed E-state index contributed by atoms with van der Waals surface area (Å²) in [6.45, 7) is 2.02. The lowest BCUT2D eigenvalue weighted by Gasteiger charge is -2.08. The van der Waals surface area contributed by atoms with E-state index in [2.05, 4.69) is 4.98 Å². The van der Waals surface area contributed by atoms with Crippen LogP contribution in [0.25, 0.3) is 16.7 Å². The van der Waals surface area contributed by atoms with Gasteiger partial charge in [-0.1, -0.05) is 18.5 Å². The molecular weight excluding hydrogens is 288 g/mol. The predicted molar refractivity (Wildman–Crippen MR) is 82.4 cm³/mol. The Hall–Kier alpha value is -2.33. The Bertz CT molecular complexity index is 822. The fourth-order valence-electron chi connectivity index (χ4n) is 2.38. The molecule has 1 aromatic heterocycles. The molecule has 5 heteroatoms. The van der Waals surface area contributed by atoms with Crippen LogP contribution in [-0.4, -0.2) is 20.6 Å². The molecule has 4 nitrogen and oxygen atoms in total. The molecule has 106 valence electrons. The third kappa shape index (κ3) is 2.38. The van der Waals surface area contributed by atoms with E-state index in [1.165, 1.54) is 0 Å². The third-order valence-corrected chi connectivity index (χ3v) is 3.62. The summed E-state index contributed by atoms with van der Waals surface area (Å²) in [4.78, 5) is 15.6. The van der Waals surface area contributed by atoms with Gasteiger partial charge >= 0.3 is 5.97 Å². The molecule has 0 aliphatic carbocycles. The topological polar surface area (TPSA) is 55.1 Å². The minimum Gasteiger partial charge on any atom is -0.478 e. The molecule has 1 heterocycles. The molecule has 21 heavy (non-hydrogen) atoms. The number of aromatic carboxylic acids is 1. The second-order valence-electron chi connectivity index (χ2n) is 4.70. The van der Waals surface area contributed by atoms with Crippen LogP contribution in [0.5, 0.6) is 0 Å². The number of nitrogens with zero attached hydrogens (tertiary/aromatic N) is 2. The SMILES string of the molecule is CCc1nc2cc(C(=O)O)ccc2n1-c1ccc(Cl)cc1. The molecule has 0 bridgehead atoms. The van der Waals surface area contributed by atoms with E-state index in [4.69, 9.17) is 16.7 Å². The molecule has 0 saturated carbocycles. The lowest BCUT2D eigenvalue weighted by Crippen LogP contribution is -2.00. The molecule has 3 aromatic rings. The maximum Gasteiger partial charge on any atom is 0.335 e. The van der Waals surface area contributed by atoms with Crippen molar-refractivity contribution in [3.8, 4) is 5.69 Å². The van der Waals surface area contributed by atoms with Gasteiger partial charge in [0.25, 0.3) is 0 Å². The van der Waals surface area contributed by atoms with Crippen molar-refractivity contribution in [1.29, 1.82) is 0 Å². The highest BCUT2D eigenvalue weighted by Gasteiger charge is 2.13. The monoisotopic (exact) mass is 300 g/mol. The molecule has 0 aliphatic rings. The van der Waals surface area contributed by atoms with Gasteiger partial charge in [0.15, 0.2) is 0 Å². The van der Waals surface area contributed by atoms with Crippen LogP contribution in [0.2, 0.25) is 5.02 Å². The minimum atomic E-state index is -0.948. The Morgan fingerprint density at radius 3 is 2.57 bits per heavy atom. The standard InChI is InChI=1S/C16H13ClN2O2/c1-2-15-18-13-9-10(16(20)21)3-8-14(13)19(15)12-6-4-11(17)5-7-12/h3-9H,2H2,1H3,(H,20,21). The molecule has 0 amide bonds. The van der Waals surface area contributed by atoms with Gasteiger partial charge in [-0.3, -0.25) is 4.57 Å². The Balaban J connectivity index is 2.25. The first kappa shape index (κ1) is 13.6. The van der Waals surface area contributed by atoms with Gasteiger partial charge in [0.1, 0.15) is 5.82 Å². The van der Waals surface area contributed by atoms with Gasteiger partial charge in [-0.05, 0) is 42.5 Å². The van der Waals surface area contributed by atoms with Gasteiger partial charge in [-0.2, -0.15) is 0 Å². The zero-order valence-electron chi connectivity index (χ0n) is 11.4. The minimum absolute atomic E-state index is 0.242. The smallest absolute Gasteiger partial charge is 0.335 e. The van der Waals surface area contributed by atoms with E-state index in [-0.39, 0.29) is 5.56 Å². The first-order chi connectivity index (χ1) is 10.1. The molecular formula is C16H13ClN2O2. The van der Waals surface area contributed by atoms with Gasteiger partial charge < -0.3 is 5.11 Å². The van der Waals surface area contributed by atoms with Gasteiger partial charge in [0.05, 0.1) is 16.6 Å². The third-order valence-electron chi connectivity index (χ3n) is 3.37. The number of aryl methyl sites for hydroxylation is 1. The number of carboxylic acid groups (broad SMARTS) is 1. The summed E-state index contributed by atoms with van der Waals surface area (Å²) < 4.78 is 2.03. The fraction of sp³-hybridized carbons (Fsp3) is 0.125. The van der Waals surface area contributed by atoms with E-state index in [0.29, 0.717) is 10.5 Å². The van der Waals surface area contributed by atoms with Crippen LogP contribution in [0.1, 0.15) is 23.1 Å². The summed E-state index contributed by atoms with van der Waals surface area (Å²) >= 11 is 5.93. The van der Waals surface area contributed by atoms with Crippen molar-refractivity contribution in [1.82, 2.24) is 9.55 Å². The number of hydrogen-bond donors (Lipinski definition) is 1. The molecule has 1 N–H and O–H groups in total. The van der Waals surface area contributed by atoms with Crippen LogP contribution < -0.4 is 0 Å². The molecule has 0 unspecified atom stereocenters. The highest BCUT2D eigenvalue weighted by Crippen LogP contribution is 2.24. The van der Waals surface area contributed by atoms with Gasteiger partial charge in [-0.15, -0.1) is 0 Å². The van der Waals surface area contributed by atoms with Crippen LogP contribution in [0.15, 0.2) is 42.5 Å². The van der Waals surface area contributed by atoms with Crippen molar-refractivity contribution in [3.05, 3.63) is 58.9 Å². The molecule has 0 saturated heterocycles. The van der Waals surface area contributed by atoms with Gasteiger partial charge in [-0.25, -0.2) is 9.78 Å².